The summed E-state index contributed by atoms with van der Waals surface area (Å²) in [5, 5.41) is 14.8. The van der Waals surface area contributed by atoms with Gasteiger partial charge in [0.05, 0.1) is 22.8 Å². The average Bonchev–Trinajstić information content (AvgIpc) is 2.76. The van der Waals surface area contributed by atoms with Gasteiger partial charge in [0.25, 0.3) is 0 Å². The lowest BCUT2D eigenvalue weighted by Crippen LogP contribution is -2.07. The highest BCUT2D eigenvalue weighted by atomic mass is 16.3. The van der Waals surface area contributed by atoms with E-state index in [1.807, 2.05) is 38.2 Å². The lowest BCUT2D eigenvalue weighted by molar-refractivity contribution is 0.177. The van der Waals surface area contributed by atoms with E-state index in [9.17, 15) is 5.11 Å². The molecule has 2 heterocycles. The van der Waals surface area contributed by atoms with Crippen LogP contribution in [-0.2, 0) is 13.5 Å². The number of aliphatic hydroxyl groups is 1. The van der Waals surface area contributed by atoms with Gasteiger partial charge in [0.1, 0.15) is 0 Å². The van der Waals surface area contributed by atoms with Crippen molar-refractivity contribution in [3.63, 3.8) is 0 Å². The summed E-state index contributed by atoms with van der Waals surface area (Å²) >= 11 is 0. The molecule has 0 aliphatic carbocycles. The fourth-order valence-electron chi connectivity index (χ4n) is 2.45. The summed E-state index contributed by atoms with van der Waals surface area (Å²) in [6.07, 6.45) is 3.19. The Balaban J connectivity index is 1.96. The number of hydrogen-bond donors (Lipinski definition) is 1. The number of aromatic nitrogens is 4. The monoisotopic (exact) mass is 268 g/mol. The van der Waals surface area contributed by atoms with E-state index in [0.29, 0.717) is 6.42 Å². The normalized spacial score (nSPS) is 12.8. The van der Waals surface area contributed by atoms with E-state index in [-0.39, 0.29) is 0 Å². The van der Waals surface area contributed by atoms with Crippen LogP contribution in [0.5, 0.6) is 0 Å². The maximum atomic E-state index is 10.5. The second-order valence-corrected chi connectivity index (χ2v) is 4.89. The summed E-state index contributed by atoms with van der Waals surface area (Å²) in [5.41, 5.74) is 4.30. The molecule has 0 saturated heterocycles. The number of rotatable bonds is 3. The minimum absolute atomic E-state index is 0.507. The summed E-state index contributed by atoms with van der Waals surface area (Å²) in [4.78, 5) is 8.59. The summed E-state index contributed by atoms with van der Waals surface area (Å²) in [7, 11) is 1.89. The second-order valence-electron chi connectivity index (χ2n) is 4.89. The quantitative estimate of drug-likeness (QED) is 0.788. The zero-order chi connectivity index (χ0) is 14.1. The van der Waals surface area contributed by atoms with E-state index in [4.69, 9.17) is 0 Å². The molecule has 1 aromatic carbocycles. The van der Waals surface area contributed by atoms with Crippen molar-refractivity contribution in [2.24, 2.45) is 7.05 Å². The van der Waals surface area contributed by atoms with E-state index >= 15 is 0 Å². The van der Waals surface area contributed by atoms with Gasteiger partial charge in [-0.2, -0.15) is 5.10 Å². The SMILES string of the molecule is Cc1cc(CC(O)c2cccc3nccnc23)n(C)n1. The highest BCUT2D eigenvalue weighted by Gasteiger charge is 2.15. The van der Waals surface area contributed by atoms with Crippen molar-refractivity contribution in [1.29, 1.82) is 0 Å². The highest BCUT2D eigenvalue weighted by molar-refractivity contribution is 5.77. The zero-order valence-corrected chi connectivity index (χ0v) is 11.5. The molecule has 0 radical (unpaired) electrons. The first-order valence-electron chi connectivity index (χ1n) is 6.52. The van der Waals surface area contributed by atoms with Gasteiger partial charge >= 0.3 is 0 Å². The maximum Gasteiger partial charge on any atom is 0.0944 e. The van der Waals surface area contributed by atoms with Gasteiger partial charge in [0.2, 0.25) is 0 Å². The molecule has 3 rings (SSSR count). The van der Waals surface area contributed by atoms with E-state index in [1.165, 1.54) is 0 Å². The molecule has 5 heteroatoms. The van der Waals surface area contributed by atoms with Crippen LogP contribution in [0.2, 0.25) is 0 Å². The van der Waals surface area contributed by atoms with Crippen molar-refractivity contribution in [1.82, 2.24) is 19.7 Å². The molecule has 0 saturated carbocycles. The maximum absolute atomic E-state index is 10.5. The second kappa shape index (κ2) is 5.02. The highest BCUT2D eigenvalue weighted by Crippen LogP contribution is 2.24. The number of aryl methyl sites for hydroxylation is 2. The van der Waals surface area contributed by atoms with E-state index < -0.39 is 6.10 Å². The van der Waals surface area contributed by atoms with Gasteiger partial charge < -0.3 is 5.11 Å². The predicted molar refractivity (Wildman–Crippen MR) is 76.1 cm³/mol. The van der Waals surface area contributed by atoms with Crippen LogP contribution in [-0.4, -0.2) is 24.9 Å². The van der Waals surface area contributed by atoms with Crippen molar-refractivity contribution in [2.75, 3.05) is 0 Å². The van der Waals surface area contributed by atoms with Crippen molar-refractivity contribution in [3.05, 3.63) is 53.6 Å². The Morgan fingerprint density at radius 2 is 2.05 bits per heavy atom. The third-order valence-electron chi connectivity index (χ3n) is 3.39. The van der Waals surface area contributed by atoms with Gasteiger partial charge in [-0.3, -0.25) is 14.6 Å². The first-order chi connectivity index (χ1) is 9.65. The minimum Gasteiger partial charge on any atom is -0.388 e. The van der Waals surface area contributed by atoms with Crippen LogP contribution in [0.3, 0.4) is 0 Å². The van der Waals surface area contributed by atoms with Crippen molar-refractivity contribution >= 4 is 11.0 Å². The standard InChI is InChI=1S/C15H16N4O/c1-10-8-11(19(2)18-10)9-14(20)12-4-3-5-13-15(12)17-7-6-16-13/h3-8,14,20H,9H2,1-2H3. The molecule has 0 aliphatic heterocycles. The molecule has 20 heavy (non-hydrogen) atoms. The Labute approximate surface area is 116 Å². The summed E-state index contributed by atoms with van der Waals surface area (Å²) in [5.74, 6) is 0. The Hall–Kier alpha value is -2.27. The fraction of sp³-hybridized carbons (Fsp3) is 0.267. The molecule has 3 aromatic rings. The fourth-order valence-corrected chi connectivity index (χ4v) is 2.45. The average molecular weight is 268 g/mol. The third kappa shape index (κ3) is 2.28. The molecular weight excluding hydrogens is 252 g/mol. The number of fused-ring (bicyclic) bond motifs is 1. The van der Waals surface area contributed by atoms with Crippen LogP contribution in [0.1, 0.15) is 23.1 Å². The Morgan fingerprint density at radius 3 is 2.80 bits per heavy atom. The number of aliphatic hydroxyl groups excluding tert-OH is 1. The van der Waals surface area contributed by atoms with Crippen molar-refractivity contribution in [3.8, 4) is 0 Å². The molecular formula is C15H16N4O. The Bertz CT molecular complexity index is 745. The van der Waals surface area contributed by atoms with Crippen LogP contribution < -0.4 is 0 Å². The molecule has 5 nitrogen and oxygen atoms in total. The molecule has 0 bridgehead atoms. The molecule has 2 aromatic heterocycles. The van der Waals surface area contributed by atoms with Crippen LogP contribution >= 0.6 is 0 Å². The molecule has 0 amide bonds. The van der Waals surface area contributed by atoms with Crippen molar-refractivity contribution in [2.45, 2.75) is 19.4 Å². The molecule has 102 valence electrons. The van der Waals surface area contributed by atoms with Crippen LogP contribution in [0.4, 0.5) is 0 Å². The number of para-hydroxylation sites is 1. The Kier molecular flexibility index (Phi) is 3.20. The number of hydrogen-bond acceptors (Lipinski definition) is 4. The first kappa shape index (κ1) is 12.7. The molecule has 1 N–H and O–H groups in total. The van der Waals surface area contributed by atoms with Gasteiger partial charge in [-0.1, -0.05) is 12.1 Å². The molecule has 0 fully saturated rings. The van der Waals surface area contributed by atoms with Gasteiger partial charge in [0.15, 0.2) is 0 Å². The molecule has 1 unspecified atom stereocenters. The van der Waals surface area contributed by atoms with Crippen molar-refractivity contribution < 1.29 is 5.11 Å². The van der Waals surface area contributed by atoms with Crippen LogP contribution in [0.25, 0.3) is 11.0 Å². The largest absolute Gasteiger partial charge is 0.388 e. The number of benzene rings is 1. The first-order valence-corrected chi connectivity index (χ1v) is 6.52. The predicted octanol–water partition coefficient (Wildman–Crippen LogP) is 1.95. The topological polar surface area (TPSA) is 63.8 Å². The third-order valence-corrected chi connectivity index (χ3v) is 3.39. The summed E-state index contributed by atoms with van der Waals surface area (Å²) in [6.45, 7) is 1.94. The minimum atomic E-state index is -0.620. The lowest BCUT2D eigenvalue weighted by Gasteiger charge is -2.12. The Morgan fingerprint density at radius 1 is 1.25 bits per heavy atom. The molecule has 0 aliphatic rings. The molecule has 0 spiro atoms. The van der Waals surface area contributed by atoms with E-state index in [0.717, 1.165) is 28.0 Å². The lowest BCUT2D eigenvalue weighted by atomic mass is 10.0. The number of nitrogens with zero attached hydrogens (tertiary/aromatic N) is 4. The summed E-state index contributed by atoms with van der Waals surface area (Å²) in [6, 6.07) is 7.67. The molecule has 1 atom stereocenters. The van der Waals surface area contributed by atoms with Gasteiger partial charge in [0, 0.05) is 37.1 Å². The van der Waals surface area contributed by atoms with Gasteiger partial charge in [-0.25, -0.2) is 0 Å². The van der Waals surface area contributed by atoms with E-state index in [2.05, 4.69) is 15.1 Å². The van der Waals surface area contributed by atoms with E-state index in [1.54, 1.807) is 17.1 Å². The summed E-state index contributed by atoms with van der Waals surface area (Å²) < 4.78 is 1.80. The smallest absolute Gasteiger partial charge is 0.0944 e. The zero-order valence-electron chi connectivity index (χ0n) is 11.5. The van der Waals surface area contributed by atoms with Crippen LogP contribution in [0, 0.1) is 6.92 Å². The van der Waals surface area contributed by atoms with Gasteiger partial charge in [-0.05, 0) is 19.1 Å². The van der Waals surface area contributed by atoms with Crippen LogP contribution in [0.15, 0.2) is 36.7 Å². The van der Waals surface area contributed by atoms with Gasteiger partial charge in [-0.15, -0.1) is 0 Å².